The van der Waals surface area contributed by atoms with Gasteiger partial charge in [-0.3, -0.25) is 4.79 Å². The molecule has 2 unspecified atom stereocenters. The Morgan fingerprint density at radius 1 is 1.39 bits per heavy atom. The summed E-state index contributed by atoms with van der Waals surface area (Å²) in [7, 11) is 0. The number of thioether (sulfide) groups is 1. The number of carbonyl (C=O) groups is 1. The number of tetrazole rings is 1. The number of likely N-dealkylation sites (tertiary alicyclic amines) is 1. The predicted molar refractivity (Wildman–Crippen MR) is 85.9 cm³/mol. The van der Waals surface area contributed by atoms with Crippen LogP contribution in [-0.2, 0) is 11.3 Å². The van der Waals surface area contributed by atoms with Crippen LogP contribution in [0.25, 0.3) is 0 Å². The second kappa shape index (κ2) is 7.16. The van der Waals surface area contributed by atoms with Crippen molar-refractivity contribution < 1.29 is 9.21 Å². The molecule has 0 saturated carbocycles. The Morgan fingerprint density at radius 3 is 2.87 bits per heavy atom. The monoisotopic (exact) mass is 335 g/mol. The lowest BCUT2D eigenvalue weighted by Crippen LogP contribution is -2.43. The molecule has 0 N–H and O–H groups in total. The Balaban J connectivity index is 1.56. The van der Waals surface area contributed by atoms with Gasteiger partial charge in [-0.2, -0.15) is 0 Å². The van der Waals surface area contributed by atoms with E-state index < -0.39 is 0 Å². The summed E-state index contributed by atoms with van der Waals surface area (Å²) in [6, 6.07) is 3.70. The molecule has 8 heteroatoms. The van der Waals surface area contributed by atoms with Crippen molar-refractivity contribution in [2.24, 2.45) is 11.8 Å². The lowest BCUT2D eigenvalue weighted by Gasteiger charge is -2.34. The minimum atomic E-state index is 0.154. The van der Waals surface area contributed by atoms with E-state index in [1.54, 1.807) is 10.9 Å². The van der Waals surface area contributed by atoms with Crippen LogP contribution in [0.1, 0.15) is 26.0 Å². The van der Waals surface area contributed by atoms with E-state index in [2.05, 4.69) is 29.4 Å². The first-order valence-corrected chi connectivity index (χ1v) is 8.79. The smallest absolute Gasteiger partial charge is 0.233 e. The lowest BCUT2D eigenvalue weighted by molar-refractivity contribution is -0.130. The van der Waals surface area contributed by atoms with E-state index in [4.69, 9.17) is 4.42 Å². The van der Waals surface area contributed by atoms with Crippen LogP contribution in [0, 0.1) is 11.8 Å². The standard InChI is InChI=1S/C15H21N5O2S/c1-11-6-12(2)8-19(7-11)14(21)10-23-15-16-17-18-20(15)9-13-4-3-5-22-13/h3-5,11-12H,6-10H2,1-2H3. The normalized spacial score (nSPS) is 21.6. The number of hydrogen-bond donors (Lipinski definition) is 0. The van der Waals surface area contributed by atoms with E-state index in [0.29, 0.717) is 29.3 Å². The fourth-order valence-electron chi connectivity index (χ4n) is 3.03. The molecule has 0 aromatic carbocycles. The van der Waals surface area contributed by atoms with E-state index in [1.165, 1.54) is 18.2 Å². The quantitative estimate of drug-likeness (QED) is 0.777. The van der Waals surface area contributed by atoms with Gasteiger partial charge in [0.1, 0.15) is 12.3 Å². The van der Waals surface area contributed by atoms with Gasteiger partial charge >= 0.3 is 0 Å². The van der Waals surface area contributed by atoms with E-state index in [0.717, 1.165) is 18.8 Å². The third kappa shape index (κ3) is 4.13. The number of rotatable bonds is 5. The number of hydrogen-bond acceptors (Lipinski definition) is 6. The number of carbonyl (C=O) groups excluding carboxylic acids is 1. The molecule has 0 bridgehead atoms. The van der Waals surface area contributed by atoms with E-state index in [9.17, 15) is 4.79 Å². The molecule has 2 aromatic rings. The van der Waals surface area contributed by atoms with Crippen LogP contribution in [0.4, 0.5) is 0 Å². The van der Waals surface area contributed by atoms with Gasteiger partial charge in [0.25, 0.3) is 0 Å². The van der Waals surface area contributed by atoms with Crippen molar-refractivity contribution in [3.8, 4) is 0 Å². The molecule has 124 valence electrons. The summed E-state index contributed by atoms with van der Waals surface area (Å²) >= 11 is 1.37. The minimum absolute atomic E-state index is 0.154. The van der Waals surface area contributed by atoms with Gasteiger partial charge in [-0.1, -0.05) is 25.6 Å². The van der Waals surface area contributed by atoms with Crippen molar-refractivity contribution in [3.05, 3.63) is 24.2 Å². The Labute approximate surface area is 139 Å². The Kier molecular flexibility index (Phi) is 5.00. The van der Waals surface area contributed by atoms with Gasteiger partial charge in [0.05, 0.1) is 12.0 Å². The van der Waals surface area contributed by atoms with Gasteiger partial charge in [0.2, 0.25) is 11.1 Å². The summed E-state index contributed by atoms with van der Waals surface area (Å²) < 4.78 is 6.96. The molecule has 1 aliphatic heterocycles. The molecule has 1 aliphatic rings. The van der Waals surface area contributed by atoms with Gasteiger partial charge in [0, 0.05) is 13.1 Å². The number of nitrogens with zero attached hydrogens (tertiary/aromatic N) is 5. The third-order valence-electron chi connectivity index (χ3n) is 3.93. The minimum Gasteiger partial charge on any atom is -0.467 e. The van der Waals surface area contributed by atoms with Crippen molar-refractivity contribution in [2.45, 2.75) is 32.0 Å². The highest BCUT2D eigenvalue weighted by atomic mass is 32.2. The van der Waals surface area contributed by atoms with E-state index in [1.807, 2.05) is 17.0 Å². The van der Waals surface area contributed by atoms with Crippen LogP contribution < -0.4 is 0 Å². The highest BCUT2D eigenvalue weighted by molar-refractivity contribution is 7.99. The zero-order valence-electron chi connectivity index (χ0n) is 13.4. The van der Waals surface area contributed by atoms with Crippen LogP contribution in [0.15, 0.2) is 28.0 Å². The Morgan fingerprint density at radius 2 is 2.17 bits per heavy atom. The van der Waals surface area contributed by atoms with Crippen molar-refractivity contribution in [1.29, 1.82) is 0 Å². The molecular weight excluding hydrogens is 314 g/mol. The zero-order valence-corrected chi connectivity index (χ0v) is 14.2. The summed E-state index contributed by atoms with van der Waals surface area (Å²) in [6.45, 7) is 6.57. The SMILES string of the molecule is CC1CC(C)CN(C(=O)CSc2nnnn2Cc2ccco2)C1. The number of amides is 1. The molecule has 2 atom stereocenters. The van der Waals surface area contributed by atoms with E-state index in [-0.39, 0.29) is 5.91 Å². The fraction of sp³-hybridized carbons (Fsp3) is 0.600. The summed E-state index contributed by atoms with van der Waals surface area (Å²) in [5.41, 5.74) is 0. The zero-order chi connectivity index (χ0) is 16.2. The first-order chi connectivity index (χ1) is 11.1. The van der Waals surface area contributed by atoms with Gasteiger partial charge in [-0.15, -0.1) is 5.10 Å². The Bertz CT molecular complexity index is 632. The second-order valence-corrected chi connectivity index (χ2v) is 7.17. The van der Waals surface area contributed by atoms with Crippen LogP contribution in [0.3, 0.4) is 0 Å². The fourth-order valence-corrected chi connectivity index (χ4v) is 3.81. The third-order valence-corrected chi connectivity index (χ3v) is 4.87. The molecule has 23 heavy (non-hydrogen) atoms. The summed E-state index contributed by atoms with van der Waals surface area (Å²) in [5.74, 6) is 2.43. The maximum absolute atomic E-state index is 12.4. The van der Waals surface area contributed by atoms with Crippen molar-refractivity contribution in [1.82, 2.24) is 25.1 Å². The van der Waals surface area contributed by atoms with Gasteiger partial charge in [-0.25, -0.2) is 4.68 Å². The number of piperidine rings is 1. The van der Waals surface area contributed by atoms with Gasteiger partial charge < -0.3 is 9.32 Å². The molecule has 7 nitrogen and oxygen atoms in total. The summed E-state index contributed by atoms with van der Waals surface area (Å²) in [4.78, 5) is 14.4. The highest BCUT2D eigenvalue weighted by Crippen LogP contribution is 2.23. The maximum Gasteiger partial charge on any atom is 0.233 e. The molecule has 3 heterocycles. The summed E-state index contributed by atoms with van der Waals surface area (Å²) in [6.07, 6.45) is 2.81. The number of furan rings is 1. The topological polar surface area (TPSA) is 77.1 Å². The molecule has 0 radical (unpaired) electrons. The van der Waals surface area contributed by atoms with Crippen molar-refractivity contribution >= 4 is 17.7 Å². The van der Waals surface area contributed by atoms with E-state index >= 15 is 0 Å². The average molecular weight is 335 g/mol. The molecule has 1 amide bonds. The molecule has 1 saturated heterocycles. The molecule has 3 rings (SSSR count). The summed E-state index contributed by atoms with van der Waals surface area (Å²) in [5, 5.41) is 12.3. The van der Waals surface area contributed by atoms with Crippen molar-refractivity contribution in [2.75, 3.05) is 18.8 Å². The first kappa shape index (κ1) is 16.0. The Hall–Kier alpha value is -1.83. The van der Waals surface area contributed by atoms with Crippen LogP contribution in [0.2, 0.25) is 0 Å². The molecule has 2 aromatic heterocycles. The average Bonchev–Trinajstić information content (AvgIpc) is 3.16. The highest BCUT2D eigenvalue weighted by Gasteiger charge is 2.25. The second-order valence-electron chi connectivity index (χ2n) is 6.23. The number of aromatic nitrogens is 4. The predicted octanol–water partition coefficient (Wildman–Crippen LogP) is 1.91. The molecule has 0 spiro atoms. The van der Waals surface area contributed by atoms with Gasteiger partial charge in [0.15, 0.2) is 0 Å². The van der Waals surface area contributed by atoms with Crippen molar-refractivity contribution in [3.63, 3.8) is 0 Å². The lowest BCUT2D eigenvalue weighted by atomic mass is 9.92. The van der Waals surface area contributed by atoms with Crippen LogP contribution in [0.5, 0.6) is 0 Å². The molecule has 1 fully saturated rings. The maximum atomic E-state index is 12.4. The van der Waals surface area contributed by atoms with Crippen LogP contribution in [-0.4, -0.2) is 49.9 Å². The molecule has 0 aliphatic carbocycles. The van der Waals surface area contributed by atoms with Gasteiger partial charge in [-0.05, 0) is 40.8 Å². The van der Waals surface area contributed by atoms with Crippen LogP contribution >= 0.6 is 11.8 Å². The molecular formula is C15H21N5O2S. The largest absolute Gasteiger partial charge is 0.467 e. The first-order valence-electron chi connectivity index (χ1n) is 7.81.